The maximum atomic E-state index is 11.7. The average Bonchev–Trinajstić information content (AvgIpc) is 2.29. The van der Waals surface area contributed by atoms with Crippen molar-refractivity contribution in [1.29, 1.82) is 0 Å². The van der Waals surface area contributed by atoms with Crippen molar-refractivity contribution in [3.8, 4) is 0 Å². The third-order valence-electron chi connectivity index (χ3n) is 3.70. The minimum absolute atomic E-state index is 0.0158. The van der Waals surface area contributed by atoms with Crippen molar-refractivity contribution in [2.75, 3.05) is 26.3 Å². The number of hydrogen-bond acceptors (Lipinski definition) is 4. The van der Waals surface area contributed by atoms with E-state index in [0.717, 1.165) is 12.8 Å². The summed E-state index contributed by atoms with van der Waals surface area (Å²) >= 11 is 0. The quantitative estimate of drug-likeness (QED) is 0.782. The van der Waals surface area contributed by atoms with E-state index < -0.39 is 0 Å². The Kier molecular flexibility index (Phi) is 5.88. The van der Waals surface area contributed by atoms with Gasteiger partial charge in [0.1, 0.15) is 0 Å². The summed E-state index contributed by atoms with van der Waals surface area (Å²) in [5.41, 5.74) is -0.0158. The summed E-state index contributed by atoms with van der Waals surface area (Å²) in [6.45, 7) is 5.23. The van der Waals surface area contributed by atoms with Crippen molar-refractivity contribution in [2.45, 2.75) is 45.6 Å². The van der Waals surface area contributed by atoms with Gasteiger partial charge in [0.05, 0.1) is 6.10 Å². The van der Waals surface area contributed by atoms with Crippen LogP contribution in [0.1, 0.15) is 39.5 Å². The molecule has 0 spiro atoms. The highest BCUT2D eigenvalue weighted by atomic mass is 16.6. The first-order valence-corrected chi connectivity index (χ1v) is 6.70. The number of carbonyl (C=O) groups excluding carboxylic acids is 1. The van der Waals surface area contributed by atoms with E-state index in [1.165, 1.54) is 0 Å². The Hall–Kier alpha value is -0.810. The summed E-state index contributed by atoms with van der Waals surface area (Å²) < 4.78 is 5.17. The molecule has 5 nitrogen and oxygen atoms in total. The Morgan fingerprint density at radius 2 is 1.72 bits per heavy atom. The van der Waals surface area contributed by atoms with Crippen molar-refractivity contribution in [2.24, 2.45) is 5.41 Å². The summed E-state index contributed by atoms with van der Waals surface area (Å²) in [7, 11) is 0. The van der Waals surface area contributed by atoms with Gasteiger partial charge in [0.25, 0.3) is 0 Å². The number of ether oxygens (including phenoxy) is 1. The SMILES string of the molecule is CC(C)OC(=O)N1CCC(CCO)(CCO)CC1. The number of rotatable bonds is 5. The number of nitrogens with zero attached hydrogens (tertiary/aromatic N) is 1. The van der Waals surface area contributed by atoms with Crippen molar-refractivity contribution < 1.29 is 19.7 Å². The molecule has 1 aliphatic heterocycles. The summed E-state index contributed by atoms with van der Waals surface area (Å²) in [5, 5.41) is 18.2. The van der Waals surface area contributed by atoms with Crippen LogP contribution in [0.3, 0.4) is 0 Å². The van der Waals surface area contributed by atoms with E-state index in [4.69, 9.17) is 14.9 Å². The molecule has 0 aromatic heterocycles. The van der Waals surface area contributed by atoms with Gasteiger partial charge in [-0.2, -0.15) is 0 Å². The fourth-order valence-corrected chi connectivity index (χ4v) is 2.54. The lowest BCUT2D eigenvalue weighted by Crippen LogP contribution is -2.44. The molecule has 1 fully saturated rings. The van der Waals surface area contributed by atoms with Gasteiger partial charge in [0.15, 0.2) is 0 Å². The van der Waals surface area contributed by atoms with Gasteiger partial charge in [-0.15, -0.1) is 0 Å². The normalized spacial score (nSPS) is 19.1. The molecule has 1 rings (SSSR count). The first-order valence-electron chi connectivity index (χ1n) is 6.70. The van der Waals surface area contributed by atoms with Gasteiger partial charge in [-0.1, -0.05) is 0 Å². The van der Waals surface area contributed by atoms with Crippen LogP contribution in [-0.2, 0) is 4.74 Å². The first kappa shape index (κ1) is 15.2. The van der Waals surface area contributed by atoms with E-state index in [-0.39, 0.29) is 30.8 Å². The molecule has 0 aromatic rings. The number of aliphatic hydroxyl groups excluding tert-OH is 2. The molecule has 1 aliphatic rings. The molecule has 2 N–H and O–H groups in total. The number of amides is 1. The summed E-state index contributed by atoms with van der Waals surface area (Å²) in [6.07, 6.45) is 2.68. The maximum absolute atomic E-state index is 11.7. The van der Waals surface area contributed by atoms with E-state index in [0.29, 0.717) is 25.9 Å². The molecular weight excluding hydrogens is 234 g/mol. The minimum atomic E-state index is -0.258. The highest BCUT2D eigenvalue weighted by Gasteiger charge is 2.35. The Morgan fingerprint density at radius 1 is 1.22 bits per heavy atom. The zero-order chi connectivity index (χ0) is 13.6. The van der Waals surface area contributed by atoms with Gasteiger partial charge in [-0.3, -0.25) is 0 Å². The van der Waals surface area contributed by atoms with E-state index in [1.54, 1.807) is 4.90 Å². The molecule has 18 heavy (non-hydrogen) atoms. The Bertz CT molecular complexity index is 252. The molecule has 0 aliphatic carbocycles. The number of aliphatic hydroxyl groups is 2. The Labute approximate surface area is 109 Å². The van der Waals surface area contributed by atoms with Crippen LogP contribution in [0.4, 0.5) is 4.79 Å². The fourth-order valence-electron chi connectivity index (χ4n) is 2.54. The van der Waals surface area contributed by atoms with Crippen LogP contribution in [-0.4, -0.2) is 53.6 Å². The summed E-state index contributed by atoms with van der Waals surface area (Å²) in [6, 6.07) is 0. The van der Waals surface area contributed by atoms with Crippen LogP contribution in [0.2, 0.25) is 0 Å². The Balaban J connectivity index is 2.49. The van der Waals surface area contributed by atoms with Crippen molar-refractivity contribution in [1.82, 2.24) is 4.90 Å². The molecule has 5 heteroatoms. The summed E-state index contributed by atoms with van der Waals surface area (Å²) in [4.78, 5) is 13.5. The van der Waals surface area contributed by atoms with Gasteiger partial charge in [-0.25, -0.2) is 4.79 Å². The Morgan fingerprint density at radius 3 is 2.11 bits per heavy atom. The molecule has 0 aromatic carbocycles. The zero-order valence-electron chi connectivity index (χ0n) is 11.4. The second kappa shape index (κ2) is 6.95. The van der Waals surface area contributed by atoms with Crippen molar-refractivity contribution >= 4 is 6.09 Å². The van der Waals surface area contributed by atoms with Crippen LogP contribution in [0.25, 0.3) is 0 Å². The molecular formula is C13H25NO4. The van der Waals surface area contributed by atoms with Gasteiger partial charge >= 0.3 is 6.09 Å². The summed E-state index contributed by atoms with van der Waals surface area (Å²) in [5.74, 6) is 0. The van der Waals surface area contributed by atoms with Gasteiger partial charge in [-0.05, 0) is 44.9 Å². The largest absolute Gasteiger partial charge is 0.447 e. The lowest BCUT2D eigenvalue weighted by atomic mass is 9.73. The molecule has 1 heterocycles. The molecule has 1 amide bonds. The van der Waals surface area contributed by atoms with Crippen LogP contribution >= 0.6 is 0 Å². The predicted molar refractivity (Wildman–Crippen MR) is 68.3 cm³/mol. The highest BCUT2D eigenvalue weighted by molar-refractivity contribution is 5.67. The third-order valence-corrected chi connectivity index (χ3v) is 3.70. The first-order chi connectivity index (χ1) is 8.53. The smallest absolute Gasteiger partial charge is 0.410 e. The highest BCUT2D eigenvalue weighted by Crippen LogP contribution is 2.38. The number of hydrogen-bond donors (Lipinski definition) is 2. The van der Waals surface area contributed by atoms with E-state index >= 15 is 0 Å². The number of piperidine rings is 1. The van der Waals surface area contributed by atoms with Gasteiger partial charge in [0, 0.05) is 26.3 Å². The second-order valence-electron chi connectivity index (χ2n) is 5.37. The fraction of sp³-hybridized carbons (Fsp3) is 0.923. The predicted octanol–water partition coefficient (Wildman–Crippen LogP) is 1.38. The minimum Gasteiger partial charge on any atom is -0.447 e. The molecule has 0 bridgehead atoms. The lowest BCUT2D eigenvalue weighted by Gasteiger charge is -2.41. The van der Waals surface area contributed by atoms with Crippen LogP contribution in [0, 0.1) is 5.41 Å². The molecule has 0 atom stereocenters. The van der Waals surface area contributed by atoms with Crippen LogP contribution < -0.4 is 0 Å². The molecule has 0 unspecified atom stereocenters. The van der Waals surface area contributed by atoms with E-state index in [1.807, 2.05) is 13.8 Å². The van der Waals surface area contributed by atoms with Crippen LogP contribution in [0.5, 0.6) is 0 Å². The number of carbonyl (C=O) groups is 1. The van der Waals surface area contributed by atoms with E-state index in [9.17, 15) is 4.79 Å². The standard InChI is InChI=1S/C13H25NO4/c1-11(2)18-12(17)14-7-3-13(4-8-14,5-9-15)6-10-16/h11,15-16H,3-10H2,1-2H3. The average molecular weight is 259 g/mol. The van der Waals surface area contributed by atoms with Crippen LogP contribution in [0.15, 0.2) is 0 Å². The third kappa shape index (κ3) is 4.14. The lowest BCUT2D eigenvalue weighted by molar-refractivity contribution is 0.0309. The van der Waals surface area contributed by atoms with E-state index in [2.05, 4.69) is 0 Å². The maximum Gasteiger partial charge on any atom is 0.410 e. The molecule has 0 radical (unpaired) electrons. The van der Waals surface area contributed by atoms with Gasteiger partial charge in [0.2, 0.25) is 0 Å². The molecule has 1 saturated heterocycles. The zero-order valence-corrected chi connectivity index (χ0v) is 11.4. The monoisotopic (exact) mass is 259 g/mol. The van der Waals surface area contributed by atoms with Crippen molar-refractivity contribution in [3.05, 3.63) is 0 Å². The molecule has 0 saturated carbocycles. The van der Waals surface area contributed by atoms with Gasteiger partial charge < -0.3 is 19.8 Å². The topological polar surface area (TPSA) is 70.0 Å². The number of likely N-dealkylation sites (tertiary alicyclic amines) is 1. The van der Waals surface area contributed by atoms with Crippen molar-refractivity contribution in [3.63, 3.8) is 0 Å². The molecule has 106 valence electrons. The second-order valence-corrected chi connectivity index (χ2v) is 5.37.